The second-order valence-corrected chi connectivity index (χ2v) is 5.86. The molecule has 15 heteroatoms. The highest BCUT2D eigenvalue weighted by Crippen LogP contribution is 2.31. The van der Waals surface area contributed by atoms with Gasteiger partial charge in [0.05, 0.1) is 0 Å². The largest absolute Gasteiger partial charge is 0.415 e. The third-order valence-corrected chi connectivity index (χ3v) is 3.85. The van der Waals surface area contributed by atoms with E-state index in [4.69, 9.17) is 0 Å². The number of esters is 2. The Balaban J connectivity index is 1.85. The van der Waals surface area contributed by atoms with E-state index in [1.54, 1.807) is 0 Å². The first-order valence-electron chi connectivity index (χ1n) is 8.03. The zero-order chi connectivity index (χ0) is 24.8. The molecule has 1 N–H and O–H groups in total. The predicted octanol–water partition coefficient (Wildman–Crippen LogP) is 4.84. The molecule has 2 aromatic carbocycles. The first-order valence-corrected chi connectivity index (χ1v) is 8.03. The van der Waals surface area contributed by atoms with Crippen molar-refractivity contribution in [2.75, 3.05) is 0 Å². The third-order valence-electron chi connectivity index (χ3n) is 3.85. The average molecular weight is 487 g/mol. The van der Waals surface area contributed by atoms with Crippen LogP contribution in [0.15, 0.2) is 12.1 Å². The number of nitrogens with one attached hydrogen (secondary N) is 1. The fourth-order valence-corrected chi connectivity index (χ4v) is 2.28. The van der Waals surface area contributed by atoms with Crippen LogP contribution in [0.3, 0.4) is 0 Å². The van der Waals surface area contributed by atoms with Gasteiger partial charge in [-0.1, -0.05) is 0 Å². The van der Waals surface area contributed by atoms with E-state index in [1.165, 1.54) is 0 Å². The molecule has 0 aliphatic carbocycles. The van der Waals surface area contributed by atoms with Gasteiger partial charge in [0.1, 0.15) is 11.4 Å². The molecule has 1 aromatic heterocycles. The summed E-state index contributed by atoms with van der Waals surface area (Å²) in [5.74, 6) is -32.2. The molecule has 5 nitrogen and oxygen atoms in total. The van der Waals surface area contributed by atoms with Crippen LogP contribution in [-0.2, 0) is 0 Å². The molecule has 0 atom stereocenters. The van der Waals surface area contributed by atoms with Crippen LogP contribution in [0.1, 0.15) is 21.0 Å². The van der Waals surface area contributed by atoms with Gasteiger partial charge in [0, 0.05) is 0 Å². The standard InChI is InChI=1S/C18H3F10NO4/c19-5-7(21)11(25)15(12(26)8(5)22)32-17(30)3-1-2-4(29-3)18(31)33-16-13(27)9(23)6(20)10(24)14(16)28/h1-2,29H. The summed E-state index contributed by atoms with van der Waals surface area (Å²) in [7, 11) is 0. The molecule has 0 bridgehead atoms. The number of ether oxygens (including phenoxy) is 2. The highest BCUT2D eigenvalue weighted by atomic mass is 19.2. The van der Waals surface area contributed by atoms with Crippen LogP contribution in [0.5, 0.6) is 11.5 Å². The van der Waals surface area contributed by atoms with Crippen molar-refractivity contribution in [2.45, 2.75) is 0 Å². The van der Waals surface area contributed by atoms with E-state index in [0.717, 1.165) is 0 Å². The van der Waals surface area contributed by atoms with Gasteiger partial charge in [-0.25, -0.2) is 35.9 Å². The summed E-state index contributed by atoms with van der Waals surface area (Å²) in [6.45, 7) is 0. The molecular formula is C18H3F10NO4. The molecule has 33 heavy (non-hydrogen) atoms. The molecule has 0 aliphatic heterocycles. The molecule has 0 unspecified atom stereocenters. The van der Waals surface area contributed by atoms with Gasteiger partial charge in [0.15, 0.2) is 0 Å². The fourth-order valence-electron chi connectivity index (χ4n) is 2.28. The highest BCUT2D eigenvalue weighted by Gasteiger charge is 2.31. The van der Waals surface area contributed by atoms with Gasteiger partial charge < -0.3 is 14.5 Å². The van der Waals surface area contributed by atoms with Crippen LogP contribution in [-0.4, -0.2) is 16.9 Å². The lowest BCUT2D eigenvalue weighted by Gasteiger charge is -2.08. The Kier molecular flexibility index (Phi) is 6.07. The van der Waals surface area contributed by atoms with Gasteiger partial charge >= 0.3 is 11.9 Å². The van der Waals surface area contributed by atoms with Crippen LogP contribution >= 0.6 is 0 Å². The van der Waals surface area contributed by atoms with Gasteiger partial charge in [0.2, 0.25) is 69.7 Å². The van der Waals surface area contributed by atoms with Gasteiger partial charge in [0.25, 0.3) is 0 Å². The van der Waals surface area contributed by atoms with Crippen molar-refractivity contribution in [3.05, 3.63) is 81.7 Å². The topological polar surface area (TPSA) is 68.4 Å². The van der Waals surface area contributed by atoms with Crippen molar-refractivity contribution in [1.82, 2.24) is 4.98 Å². The van der Waals surface area contributed by atoms with Gasteiger partial charge in [-0.15, -0.1) is 0 Å². The zero-order valence-corrected chi connectivity index (χ0v) is 15.1. The van der Waals surface area contributed by atoms with Crippen molar-refractivity contribution < 1.29 is 63.0 Å². The van der Waals surface area contributed by atoms with E-state index in [1.807, 2.05) is 4.98 Å². The lowest BCUT2D eigenvalue weighted by atomic mass is 10.2. The lowest BCUT2D eigenvalue weighted by Crippen LogP contribution is -2.16. The van der Waals surface area contributed by atoms with Crippen molar-refractivity contribution in [1.29, 1.82) is 0 Å². The Labute approximate surface area is 174 Å². The molecule has 174 valence electrons. The van der Waals surface area contributed by atoms with Crippen LogP contribution in [0.25, 0.3) is 0 Å². The Morgan fingerprint density at radius 2 is 0.727 bits per heavy atom. The fraction of sp³-hybridized carbons (Fsp3) is 0. The zero-order valence-electron chi connectivity index (χ0n) is 15.1. The van der Waals surface area contributed by atoms with E-state index in [9.17, 15) is 53.5 Å². The second kappa shape index (κ2) is 8.48. The summed E-state index contributed by atoms with van der Waals surface area (Å²) in [6.07, 6.45) is 0. The summed E-state index contributed by atoms with van der Waals surface area (Å²) in [5, 5.41) is 0. The summed E-state index contributed by atoms with van der Waals surface area (Å²) < 4.78 is 141. The number of halogens is 10. The maximum absolute atomic E-state index is 13.6. The number of H-pyrrole nitrogens is 1. The number of carbonyl (C=O) groups is 2. The normalized spacial score (nSPS) is 11.0. The van der Waals surface area contributed by atoms with Crippen LogP contribution in [0.4, 0.5) is 43.9 Å². The van der Waals surface area contributed by atoms with Crippen LogP contribution < -0.4 is 9.47 Å². The minimum atomic E-state index is -2.53. The molecule has 0 saturated carbocycles. The van der Waals surface area contributed by atoms with Crippen LogP contribution in [0.2, 0.25) is 0 Å². The molecule has 0 saturated heterocycles. The van der Waals surface area contributed by atoms with E-state index in [0.29, 0.717) is 12.1 Å². The molecule has 0 fully saturated rings. The molecular weight excluding hydrogens is 484 g/mol. The SMILES string of the molecule is O=C(Oc1c(F)c(F)c(F)c(F)c1F)c1ccc(C(=O)Oc2c(F)c(F)c(F)c(F)c2F)[nH]1. The first kappa shape index (κ1) is 23.6. The van der Waals surface area contributed by atoms with Crippen molar-refractivity contribution in [3.63, 3.8) is 0 Å². The second-order valence-electron chi connectivity index (χ2n) is 5.86. The Morgan fingerprint density at radius 3 is 1.00 bits per heavy atom. The van der Waals surface area contributed by atoms with E-state index in [2.05, 4.69) is 9.47 Å². The summed E-state index contributed by atoms with van der Waals surface area (Å²) in [4.78, 5) is 25.7. The van der Waals surface area contributed by atoms with Gasteiger partial charge in [-0.3, -0.25) is 0 Å². The quantitative estimate of drug-likeness (QED) is 0.188. The number of carbonyl (C=O) groups excluding carboxylic acids is 2. The third kappa shape index (κ3) is 3.96. The van der Waals surface area contributed by atoms with E-state index in [-0.39, 0.29) is 0 Å². The first-order chi connectivity index (χ1) is 15.4. The van der Waals surface area contributed by atoms with E-state index >= 15 is 0 Å². The Hall–Kier alpha value is -4.04. The van der Waals surface area contributed by atoms with Gasteiger partial charge in [-0.2, -0.15) is 17.6 Å². The molecule has 1 heterocycles. The number of hydrogen-bond acceptors (Lipinski definition) is 4. The number of aromatic nitrogens is 1. The lowest BCUT2D eigenvalue weighted by molar-refractivity contribution is 0.0707. The summed E-state index contributed by atoms with van der Waals surface area (Å²) in [5.41, 5.74) is -1.74. The minimum Gasteiger partial charge on any atom is -0.415 e. The Bertz CT molecular complexity index is 1160. The molecule has 0 spiro atoms. The molecule has 3 aromatic rings. The molecule has 3 rings (SSSR count). The number of benzene rings is 2. The number of aromatic amines is 1. The van der Waals surface area contributed by atoms with Crippen molar-refractivity contribution in [3.8, 4) is 11.5 Å². The summed E-state index contributed by atoms with van der Waals surface area (Å²) in [6, 6.07) is 1.28. The summed E-state index contributed by atoms with van der Waals surface area (Å²) >= 11 is 0. The molecule has 0 radical (unpaired) electrons. The number of hydrogen-bond donors (Lipinski definition) is 1. The minimum absolute atomic E-state index is 0.642. The van der Waals surface area contributed by atoms with Crippen LogP contribution in [0, 0.1) is 58.2 Å². The average Bonchev–Trinajstić information content (AvgIpc) is 3.30. The Morgan fingerprint density at radius 1 is 0.485 bits per heavy atom. The highest BCUT2D eigenvalue weighted by molar-refractivity contribution is 5.94. The van der Waals surface area contributed by atoms with Gasteiger partial charge in [-0.05, 0) is 12.1 Å². The molecule has 0 amide bonds. The maximum atomic E-state index is 13.6. The molecule has 0 aliphatic rings. The maximum Gasteiger partial charge on any atom is 0.360 e. The van der Waals surface area contributed by atoms with Crippen molar-refractivity contribution in [2.24, 2.45) is 0 Å². The van der Waals surface area contributed by atoms with E-state index < -0.39 is 93.0 Å². The monoisotopic (exact) mass is 487 g/mol. The predicted molar refractivity (Wildman–Crippen MR) is 83.2 cm³/mol. The smallest absolute Gasteiger partial charge is 0.360 e. The number of rotatable bonds is 4. The van der Waals surface area contributed by atoms with Crippen molar-refractivity contribution >= 4 is 11.9 Å².